The summed E-state index contributed by atoms with van der Waals surface area (Å²) in [5.41, 5.74) is 1.24. The summed E-state index contributed by atoms with van der Waals surface area (Å²) in [5.74, 6) is 0.573. The number of hydrogen-bond donors (Lipinski definition) is 2. The molecule has 1 aromatic heterocycles. The lowest BCUT2D eigenvalue weighted by molar-refractivity contribution is -0.133. The topological polar surface area (TPSA) is 87.2 Å². The molecular weight excluding hydrogens is 394 g/mol. The molecular formula is C19H25N5O2S2. The first-order chi connectivity index (χ1) is 13.6. The van der Waals surface area contributed by atoms with Crippen LogP contribution in [-0.4, -0.2) is 64.9 Å². The molecule has 2 heterocycles. The van der Waals surface area contributed by atoms with E-state index >= 15 is 0 Å². The zero-order valence-corrected chi connectivity index (χ0v) is 17.5. The summed E-state index contributed by atoms with van der Waals surface area (Å²) >= 11 is 3.12. The highest BCUT2D eigenvalue weighted by Gasteiger charge is 2.31. The lowest BCUT2D eigenvalue weighted by atomic mass is 10.1. The van der Waals surface area contributed by atoms with E-state index in [0.29, 0.717) is 13.1 Å². The van der Waals surface area contributed by atoms with Crippen molar-refractivity contribution in [2.45, 2.75) is 30.1 Å². The summed E-state index contributed by atoms with van der Waals surface area (Å²) in [6.07, 6.45) is 1.05. The Morgan fingerprint density at radius 3 is 2.93 bits per heavy atom. The first-order valence-corrected chi connectivity index (χ1v) is 11.2. The van der Waals surface area contributed by atoms with E-state index in [1.807, 2.05) is 25.1 Å². The van der Waals surface area contributed by atoms with Gasteiger partial charge in [-0.3, -0.25) is 14.5 Å². The van der Waals surface area contributed by atoms with Crippen LogP contribution in [0.25, 0.3) is 0 Å². The van der Waals surface area contributed by atoms with Crippen LogP contribution in [0.4, 0.5) is 0 Å². The van der Waals surface area contributed by atoms with Gasteiger partial charge in [0.25, 0.3) is 0 Å². The molecule has 0 bridgehead atoms. The number of rotatable bonds is 9. The van der Waals surface area contributed by atoms with Crippen molar-refractivity contribution < 1.29 is 9.59 Å². The van der Waals surface area contributed by atoms with Gasteiger partial charge in [-0.25, -0.2) is 0 Å². The number of carbonyl (C=O) groups is 2. The zero-order valence-electron chi connectivity index (χ0n) is 15.9. The van der Waals surface area contributed by atoms with Crippen LogP contribution in [0.2, 0.25) is 0 Å². The van der Waals surface area contributed by atoms with E-state index in [1.165, 1.54) is 5.56 Å². The number of thioether (sulfide) groups is 1. The molecule has 1 aliphatic rings. The number of benzene rings is 1. The van der Waals surface area contributed by atoms with Gasteiger partial charge in [0.2, 0.25) is 11.8 Å². The Morgan fingerprint density at radius 1 is 1.36 bits per heavy atom. The highest BCUT2D eigenvalue weighted by Crippen LogP contribution is 2.21. The molecule has 2 N–H and O–H groups in total. The molecule has 3 rings (SSSR count). The highest BCUT2D eigenvalue weighted by atomic mass is 32.2. The van der Waals surface area contributed by atoms with Gasteiger partial charge in [-0.2, -0.15) is 0 Å². The standard InChI is InChI=1S/C19H25N5O2S2/c1-14-22-23-19(28-14)27-12-9-20-17(25)13-16-18(26)21-8-11-24(16)10-7-15-5-3-2-4-6-15/h2-6,16H,7-13H2,1H3,(H,20,25)(H,21,26). The maximum atomic E-state index is 12.3. The van der Waals surface area contributed by atoms with E-state index in [9.17, 15) is 9.59 Å². The fourth-order valence-electron chi connectivity index (χ4n) is 3.08. The molecule has 2 aromatic rings. The third kappa shape index (κ3) is 6.29. The van der Waals surface area contributed by atoms with Crippen molar-refractivity contribution in [3.05, 3.63) is 40.9 Å². The van der Waals surface area contributed by atoms with Crippen molar-refractivity contribution in [3.63, 3.8) is 0 Å². The van der Waals surface area contributed by atoms with Crippen molar-refractivity contribution in [2.24, 2.45) is 0 Å². The van der Waals surface area contributed by atoms with Crippen LogP contribution >= 0.6 is 23.1 Å². The summed E-state index contributed by atoms with van der Waals surface area (Å²) in [5, 5.41) is 14.8. The molecule has 150 valence electrons. The van der Waals surface area contributed by atoms with Crippen LogP contribution in [-0.2, 0) is 16.0 Å². The Hall–Kier alpha value is -1.97. The van der Waals surface area contributed by atoms with Gasteiger partial charge >= 0.3 is 0 Å². The summed E-state index contributed by atoms with van der Waals surface area (Å²) in [7, 11) is 0. The third-order valence-corrected chi connectivity index (χ3v) is 6.48. The maximum Gasteiger partial charge on any atom is 0.237 e. The normalized spacial score (nSPS) is 17.3. The van der Waals surface area contributed by atoms with Crippen LogP contribution < -0.4 is 10.6 Å². The highest BCUT2D eigenvalue weighted by molar-refractivity contribution is 8.01. The minimum atomic E-state index is -0.407. The molecule has 28 heavy (non-hydrogen) atoms. The number of aromatic nitrogens is 2. The molecule has 0 aliphatic carbocycles. The van der Waals surface area contributed by atoms with E-state index in [1.54, 1.807) is 23.1 Å². The monoisotopic (exact) mass is 419 g/mol. The van der Waals surface area contributed by atoms with Crippen LogP contribution in [0, 0.1) is 6.92 Å². The molecule has 7 nitrogen and oxygen atoms in total. The van der Waals surface area contributed by atoms with Gasteiger partial charge < -0.3 is 10.6 Å². The first kappa shape index (κ1) is 20.8. The minimum Gasteiger partial charge on any atom is -0.355 e. The van der Waals surface area contributed by atoms with Crippen molar-refractivity contribution in [1.82, 2.24) is 25.7 Å². The third-order valence-electron chi connectivity index (χ3n) is 4.51. The predicted molar refractivity (Wildman–Crippen MR) is 112 cm³/mol. The van der Waals surface area contributed by atoms with E-state index in [-0.39, 0.29) is 18.2 Å². The van der Waals surface area contributed by atoms with Gasteiger partial charge in [0, 0.05) is 31.9 Å². The number of nitrogens with zero attached hydrogens (tertiary/aromatic N) is 3. The Morgan fingerprint density at radius 2 is 2.18 bits per heavy atom. The molecule has 1 saturated heterocycles. The van der Waals surface area contributed by atoms with Crippen molar-refractivity contribution in [3.8, 4) is 0 Å². The molecule has 1 aliphatic heterocycles. The van der Waals surface area contributed by atoms with E-state index < -0.39 is 6.04 Å². The molecule has 1 atom stereocenters. The van der Waals surface area contributed by atoms with Crippen LogP contribution in [0.1, 0.15) is 17.0 Å². The maximum absolute atomic E-state index is 12.3. The number of piperazine rings is 1. The van der Waals surface area contributed by atoms with Crippen molar-refractivity contribution >= 4 is 34.9 Å². The number of carbonyl (C=O) groups excluding carboxylic acids is 2. The second-order valence-electron chi connectivity index (χ2n) is 6.57. The van der Waals surface area contributed by atoms with Gasteiger partial charge in [0.15, 0.2) is 4.34 Å². The average Bonchev–Trinajstić information content (AvgIpc) is 3.12. The smallest absolute Gasteiger partial charge is 0.237 e. The lowest BCUT2D eigenvalue weighted by Crippen LogP contribution is -2.57. The second-order valence-corrected chi connectivity index (χ2v) is 9.09. The molecule has 1 aromatic carbocycles. The largest absolute Gasteiger partial charge is 0.355 e. The molecule has 1 unspecified atom stereocenters. The van der Waals surface area contributed by atoms with Crippen LogP contribution in [0.3, 0.4) is 0 Å². The quantitative estimate of drug-likeness (QED) is 0.473. The van der Waals surface area contributed by atoms with Gasteiger partial charge in [-0.15, -0.1) is 10.2 Å². The Balaban J connectivity index is 1.43. The molecule has 0 saturated carbocycles. The van der Waals surface area contributed by atoms with Crippen LogP contribution in [0.5, 0.6) is 0 Å². The molecule has 9 heteroatoms. The van der Waals surface area contributed by atoms with Crippen LogP contribution in [0.15, 0.2) is 34.7 Å². The SMILES string of the molecule is Cc1nnc(SCCNC(=O)CC2C(=O)NCCN2CCc2ccccc2)s1. The summed E-state index contributed by atoms with van der Waals surface area (Å²) < 4.78 is 0.908. The molecule has 1 fully saturated rings. The second kappa shape index (κ2) is 10.5. The van der Waals surface area contributed by atoms with Crippen molar-refractivity contribution in [2.75, 3.05) is 31.9 Å². The van der Waals surface area contributed by atoms with E-state index in [2.05, 4.69) is 37.9 Å². The number of nitrogens with one attached hydrogen (secondary N) is 2. The Labute approximate surface area is 173 Å². The summed E-state index contributed by atoms with van der Waals surface area (Å²) in [6.45, 7) is 4.62. The lowest BCUT2D eigenvalue weighted by Gasteiger charge is -2.34. The Bertz CT molecular complexity index is 784. The molecule has 2 amide bonds. The number of hydrogen-bond acceptors (Lipinski definition) is 7. The first-order valence-electron chi connectivity index (χ1n) is 9.37. The van der Waals surface area contributed by atoms with Gasteiger partial charge in [-0.05, 0) is 18.9 Å². The fourth-order valence-corrected chi connectivity index (χ4v) is 4.82. The fraction of sp³-hybridized carbons (Fsp3) is 0.474. The van der Waals surface area contributed by atoms with E-state index in [4.69, 9.17) is 0 Å². The summed E-state index contributed by atoms with van der Waals surface area (Å²) in [4.78, 5) is 26.8. The predicted octanol–water partition coefficient (Wildman–Crippen LogP) is 1.49. The zero-order chi connectivity index (χ0) is 19.8. The van der Waals surface area contributed by atoms with Gasteiger partial charge in [0.1, 0.15) is 5.01 Å². The number of amides is 2. The minimum absolute atomic E-state index is 0.0619. The Kier molecular flexibility index (Phi) is 7.81. The number of aryl methyl sites for hydroxylation is 1. The van der Waals surface area contributed by atoms with Gasteiger partial charge in [-0.1, -0.05) is 53.4 Å². The molecule has 0 radical (unpaired) electrons. The van der Waals surface area contributed by atoms with Crippen molar-refractivity contribution in [1.29, 1.82) is 0 Å². The average molecular weight is 420 g/mol. The van der Waals surface area contributed by atoms with E-state index in [0.717, 1.165) is 34.6 Å². The summed E-state index contributed by atoms with van der Waals surface area (Å²) in [6, 6.07) is 9.80. The molecule has 0 spiro atoms. The van der Waals surface area contributed by atoms with Gasteiger partial charge in [0.05, 0.1) is 12.5 Å².